The van der Waals surface area contributed by atoms with E-state index in [1.165, 1.54) is 15.9 Å². The quantitative estimate of drug-likeness (QED) is 0.526. The van der Waals surface area contributed by atoms with Crippen molar-refractivity contribution in [3.05, 3.63) is 87.8 Å². The first-order valence-corrected chi connectivity index (χ1v) is 9.53. The average molecular weight is 420 g/mol. The molecule has 0 amide bonds. The summed E-state index contributed by atoms with van der Waals surface area (Å²) < 4.78 is 2.25. The maximum absolute atomic E-state index is 3.59. The summed E-state index contributed by atoms with van der Waals surface area (Å²) >= 11 is 7.18. The first-order chi connectivity index (χ1) is 10.2. The van der Waals surface area contributed by atoms with E-state index in [4.69, 9.17) is 0 Å². The molecular weight excluding hydrogens is 407 g/mol. The molecular formula is C18H13Br2P. The molecule has 0 atom stereocenters. The Bertz CT molecular complexity index is 695. The fraction of sp³-hybridized carbons (Fsp3) is 0. The van der Waals surface area contributed by atoms with Crippen LogP contribution < -0.4 is 15.9 Å². The van der Waals surface area contributed by atoms with Gasteiger partial charge in [0.25, 0.3) is 0 Å². The highest BCUT2D eigenvalue weighted by Crippen LogP contribution is 2.34. The lowest BCUT2D eigenvalue weighted by Gasteiger charge is -2.19. The molecule has 0 aliphatic heterocycles. The molecule has 0 nitrogen and oxygen atoms in total. The van der Waals surface area contributed by atoms with E-state index < -0.39 is 7.92 Å². The summed E-state index contributed by atoms with van der Waals surface area (Å²) in [6, 6.07) is 28.0. The SMILES string of the molecule is Brc1cccc(P(c2ccccc2)c2cccc(Br)c2)c1. The zero-order valence-corrected chi connectivity index (χ0v) is 15.3. The maximum Gasteiger partial charge on any atom is 0.0181 e. The Kier molecular flexibility index (Phi) is 4.90. The summed E-state index contributed by atoms with van der Waals surface area (Å²) in [6.45, 7) is 0. The lowest BCUT2D eigenvalue weighted by atomic mass is 10.4. The van der Waals surface area contributed by atoms with Gasteiger partial charge >= 0.3 is 0 Å². The molecule has 0 unspecified atom stereocenters. The Morgan fingerprint density at radius 2 is 1.00 bits per heavy atom. The van der Waals surface area contributed by atoms with Gasteiger partial charge in [-0.3, -0.25) is 0 Å². The van der Waals surface area contributed by atoms with E-state index in [1.54, 1.807) is 0 Å². The van der Waals surface area contributed by atoms with Crippen LogP contribution in [0.25, 0.3) is 0 Å². The van der Waals surface area contributed by atoms with Crippen LogP contribution in [0.2, 0.25) is 0 Å². The third kappa shape index (κ3) is 3.63. The molecule has 3 rings (SSSR count). The molecule has 0 heterocycles. The molecule has 0 N–H and O–H groups in total. The lowest BCUT2D eigenvalue weighted by molar-refractivity contribution is 1.68. The Hall–Kier alpha value is -0.950. The van der Waals surface area contributed by atoms with E-state index in [2.05, 4.69) is 111 Å². The van der Waals surface area contributed by atoms with Crippen molar-refractivity contribution in [3.63, 3.8) is 0 Å². The van der Waals surface area contributed by atoms with Crippen molar-refractivity contribution in [3.8, 4) is 0 Å². The van der Waals surface area contributed by atoms with Crippen LogP contribution in [0.4, 0.5) is 0 Å². The number of rotatable bonds is 3. The van der Waals surface area contributed by atoms with Gasteiger partial charge in [0.15, 0.2) is 0 Å². The van der Waals surface area contributed by atoms with Crippen LogP contribution in [0.3, 0.4) is 0 Å². The molecule has 21 heavy (non-hydrogen) atoms. The van der Waals surface area contributed by atoms with Gasteiger partial charge in [-0.1, -0.05) is 86.5 Å². The minimum atomic E-state index is -0.538. The Balaban J connectivity index is 2.16. The molecule has 3 aromatic rings. The van der Waals surface area contributed by atoms with Crippen LogP contribution in [0, 0.1) is 0 Å². The fourth-order valence-corrected chi connectivity index (χ4v) is 5.78. The number of hydrogen-bond donors (Lipinski definition) is 0. The minimum Gasteiger partial charge on any atom is -0.0622 e. The van der Waals surface area contributed by atoms with Gasteiger partial charge in [0.2, 0.25) is 0 Å². The molecule has 0 bridgehead atoms. The predicted molar refractivity (Wildman–Crippen MR) is 101 cm³/mol. The Morgan fingerprint density at radius 3 is 1.48 bits per heavy atom. The fourth-order valence-electron chi connectivity index (χ4n) is 2.25. The molecule has 0 aliphatic rings. The standard InChI is InChI=1S/C18H13Br2P/c19-14-6-4-10-17(12-14)21(16-8-2-1-3-9-16)18-11-5-7-15(20)13-18/h1-13H. The normalized spacial score (nSPS) is 10.8. The second kappa shape index (κ2) is 6.87. The van der Waals surface area contributed by atoms with E-state index in [1.807, 2.05) is 0 Å². The van der Waals surface area contributed by atoms with Crippen LogP contribution in [-0.4, -0.2) is 0 Å². The van der Waals surface area contributed by atoms with E-state index >= 15 is 0 Å². The molecule has 0 saturated carbocycles. The molecule has 0 spiro atoms. The number of halogens is 2. The van der Waals surface area contributed by atoms with E-state index in [0.29, 0.717) is 0 Å². The van der Waals surface area contributed by atoms with Crippen LogP contribution in [-0.2, 0) is 0 Å². The average Bonchev–Trinajstić information content (AvgIpc) is 2.49. The van der Waals surface area contributed by atoms with Crippen molar-refractivity contribution >= 4 is 55.7 Å². The van der Waals surface area contributed by atoms with Gasteiger partial charge in [-0.2, -0.15) is 0 Å². The minimum absolute atomic E-state index is 0.538. The van der Waals surface area contributed by atoms with Gasteiger partial charge in [-0.05, 0) is 48.1 Å². The zero-order chi connectivity index (χ0) is 14.7. The van der Waals surface area contributed by atoms with Gasteiger partial charge in [0.05, 0.1) is 0 Å². The smallest absolute Gasteiger partial charge is 0.0181 e. The number of hydrogen-bond acceptors (Lipinski definition) is 0. The lowest BCUT2D eigenvalue weighted by Crippen LogP contribution is -2.20. The first kappa shape index (κ1) is 15.0. The summed E-state index contributed by atoms with van der Waals surface area (Å²) in [4.78, 5) is 0. The van der Waals surface area contributed by atoms with E-state index in [-0.39, 0.29) is 0 Å². The van der Waals surface area contributed by atoms with Crippen molar-refractivity contribution in [2.24, 2.45) is 0 Å². The highest BCUT2D eigenvalue weighted by atomic mass is 79.9. The van der Waals surface area contributed by atoms with Crippen molar-refractivity contribution in [2.45, 2.75) is 0 Å². The molecule has 0 radical (unpaired) electrons. The summed E-state index contributed by atoms with van der Waals surface area (Å²) in [5.41, 5.74) is 0. The van der Waals surface area contributed by atoms with Crippen LogP contribution in [0.1, 0.15) is 0 Å². The topological polar surface area (TPSA) is 0 Å². The molecule has 3 aromatic carbocycles. The summed E-state index contributed by atoms with van der Waals surface area (Å²) in [5, 5.41) is 4.07. The second-order valence-corrected chi connectivity index (χ2v) is 8.68. The predicted octanol–water partition coefficient (Wildman–Crippen LogP) is 4.97. The van der Waals surface area contributed by atoms with Crippen LogP contribution >= 0.6 is 39.8 Å². The van der Waals surface area contributed by atoms with Gasteiger partial charge in [0.1, 0.15) is 0 Å². The van der Waals surface area contributed by atoms with Crippen molar-refractivity contribution < 1.29 is 0 Å². The third-order valence-electron chi connectivity index (χ3n) is 3.15. The summed E-state index contributed by atoms with van der Waals surface area (Å²) in [6.07, 6.45) is 0. The molecule has 104 valence electrons. The van der Waals surface area contributed by atoms with Crippen molar-refractivity contribution in [1.29, 1.82) is 0 Å². The molecule has 3 heteroatoms. The van der Waals surface area contributed by atoms with Gasteiger partial charge in [-0.25, -0.2) is 0 Å². The third-order valence-corrected chi connectivity index (χ3v) is 6.54. The van der Waals surface area contributed by atoms with Crippen molar-refractivity contribution in [2.75, 3.05) is 0 Å². The maximum atomic E-state index is 3.59. The molecule has 0 saturated heterocycles. The monoisotopic (exact) mass is 418 g/mol. The largest absolute Gasteiger partial charge is 0.0622 e. The van der Waals surface area contributed by atoms with Gasteiger partial charge in [-0.15, -0.1) is 0 Å². The highest BCUT2D eigenvalue weighted by Gasteiger charge is 2.16. The van der Waals surface area contributed by atoms with Crippen LogP contribution in [0.5, 0.6) is 0 Å². The summed E-state index contributed by atoms with van der Waals surface area (Å²) in [7, 11) is -0.538. The number of benzene rings is 3. The second-order valence-electron chi connectivity index (χ2n) is 4.63. The van der Waals surface area contributed by atoms with E-state index in [9.17, 15) is 0 Å². The zero-order valence-electron chi connectivity index (χ0n) is 11.2. The highest BCUT2D eigenvalue weighted by molar-refractivity contribution is 9.10. The Morgan fingerprint density at radius 1 is 0.524 bits per heavy atom. The molecule has 0 fully saturated rings. The van der Waals surface area contributed by atoms with E-state index in [0.717, 1.165) is 8.95 Å². The van der Waals surface area contributed by atoms with Gasteiger partial charge in [0, 0.05) is 8.95 Å². The molecule has 0 aliphatic carbocycles. The van der Waals surface area contributed by atoms with Crippen molar-refractivity contribution in [1.82, 2.24) is 0 Å². The summed E-state index contributed by atoms with van der Waals surface area (Å²) in [5.74, 6) is 0. The van der Waals surface area contributed by atoms with Crippen LogP contribution in [0.15, 0.2) is 87.8 Å². The van der Waals surface area contributed by atoms with Gasteiger partial charge < -0.3 is 0 Å². The molecule has 0 aromatic heterocycles. The first-order valence-electron chi connectivity index (χ1n) is 6.60. The Labute approximate surface area is 143 Å².